The van der Waals surface area contributed by atoms with Crippen LogP contribution in [0.15, 0.2) is 42.5 Å². The number of para-hydroxylation sites is 2. The molecule has 26 heavy (non-hydrogen) atoms. The average molecular weight is 360 g/mol. The fourth-order valence-electron chi connectivity index (χ4n) is 2.58. The Kier molecular flexibility index (Phi) is 5.13. The number of halogens is 2. The van der Waals surface area contributed by atoms with Crippen LogP contribution in [0.3, 0.4) is 0 Å². The van der Waals surface area contributed by atoms with Crippen LogP contribution in [-0.4, -0.2) is 33.2 Å². The number of hydrogen-bond acceptors (Lipinski definition) is 4. The largest absolute Gasteiger partial charge is 0.392 e. The van der Waals surface area contributed by atoms with Gasteiger partial charge in [-0.25, -0.2) is 13.8 Å². The first kappa shape index (κ1) is 17.8. The number of fused-ring (bicyclic) bond motifs is 1. The number of hydrogen-bond donors (Lipinski definition) is 3. The van der Waals surface area contributed by atoms with Gasteiger partial charge in [-0.05, 0) is 31.2 Å². The van der Waals surface area contributed by atoms with Crippen LogP contribution in [0.4, 0.5) is 20.4 Å². The lowest BCUT2D eigenvalue weighted by Gasteiger charge is -2.12. The van der Waals surface area contributed by atoms with Crippen molar-refractivity contribution in [1.82, 2.24) is 9.55 Å². The number of rotatable bonds is 6. The molecule has 3 N–H and O–H groups in total. The van der Waals surface area contributed by atoms with E-state index in [1.165, 1.54) is 0 Å². The second-order valence-electron chi connectivity index (χ2n) is 5.95. The predicted octanol–water partition coefficient (Wildman–Crippen LogP) is 2.75. The average Bonchev–Trinajstić information content (AvgIpc) is 2.89. The van der Waals surface area contributed by atoms with E-state index in [2.05, 4.69) is 15.6 Å². The van der Waals surface area contributed by atoms with Crippen LogP contribution < -0.4 is 10.6 Å². The Morgan fingerprint density at radius 2 is 1.92 bits per heavy atom. The molecule has 1 amide bonds. The van der Waals surface area contributed by atoms with Crippen LogP contribution in [0.2, 0.25) is 0 Å². The van der Waals surface area contributed by atoms with Crippen molar-refractivity contribution in [2.75, 3.05) is 17.2 Å². The van der Waals surface area contributed by atoms with Gasteiger partial charge in [-0.15, -0.1) is 0 Å². The van der Waals surface area contributed by atoms with Crippen molar-refractivity contribution < 1.29 is 18.7 Å². The number of aliphatic hydroxyl groups excluding tert-OH is 1. The van der Waals surface area contributed by atoms with Gasteiger partial charge in [-0.3, -0.25) is 4.79 Å². The fraction of sp³-hybridized carbons (Fsp3) is 0.222. The quantitative estimate of drug-likeness (QED) is 0.632. The molecule has 6 nitrogen and oxygen atoms in total. The minimum Gasteiger partial charge on any atom is -0.392 e. The summed E-state index contributed by atoms with van der Waals surface area (Å²) >= 11 is 0. The number of aromatic nitrogens is 2. The summed E-state index contributed by atoms with van der Waals surface area (Å²) in [5, 5.41) is 14.9. The number of carbonyl (C=O) groups is 1. The van der Waals surface area contributed by atoms with E-state index in [0.717, 1.165) is 23.7 Å². The van der Waals surface area contributed by atoms with Crippen molar-refractivity contribution >= 4 is 28.6 Å². The Bertz CT molecular complexity index is 920. The molecule has 136 valence electrons. The summed E-state index contributed by atoms with van der Waals surface area (Å²) < 4.78 is 28.2. The van der Waals surface area contributed by atoms with Gasteiger partial charge in [-0.2, -0.15) is 0 Å². The van der Waals surface area contributed by atoms with Gasteiger partial charge in [0.05, 0.1) is 17.1 Å². The SMILES string of the molecule is CC(O)CNc1nc2ccccc2n1CC(=O)Nc1cc(F)cc(F)c1. The maximum atomic E-state index is 13.3. The van der Waals surface area contributed by atoms with Crippen molar-refractivity contribution in [3.63, 3.8) is 0 Å². The molecule has 3 aromatic rings. The molecule has 1 heterocycles. The highest BCUT2D eigenvalue weighted by Gasteiger charge is 2.14. The molecule has 0 aliphatic rings. The molecule has 3 rings (SSSR count). The number of anilines is 2. The van der Waals surface area contributed by atoms with Crippen LogP contribution in [0.1, 0.15) is 6.92 Å². The Morgan fingerprint density at radius 1 is 1.23 bits per heavy atom. The fourth-order valence-corrected chi connectivity index (χ4v) is 2.58. The molecule has 1 aromatic heterocycles. The minimum absolute atomic E-state index is 0.0374. The number of nitrogens with one attached hydrogen (secondary N) is 2. The number of benzene rings is 2. The van der Waals surface area contributed by atoms with Crippen molar-refractivity contribution in [3.05, 3.63) is 54.1 Å². The van der Waals surface area contributed by atoms with Crippen LogP contribution in [0, 0.1) is 11.6 Å². The van der Waals surface area contributed by atoms with E-state index in [-0.39, 0.29) is 18.8 Å². The van der Waals surface area contributed by atoms with Gasteiger partial charge in [0.25, 0.3) is 0 Å². The molecular weight excluding hydrogens is 342 g/mol. The molecule has 8 heteroatoms. The first-order chi connectivity index (χ1) is 12.4. The number of imidazole rings is 1. The number of aliphatic hydroxyl groups is 1. The van der Waals surface area contributed by atoms with Gasteiger partial charge in [-0.1, -0.05) is 12.1 Å². The van der Waals surface area contributed by atoms with E-state index < -0.39 is 23.6 Å². The van der Waals surface area contributed by atoms with Crippen molar-refractivity contribution in [1.29, 1.82) is 0 Å². The van der Waals surface area contributed by atoms with E-state index >= 15 is 0 Å². The second kappa shape index (κ2) is 7.49. The predicted molar refractivity (Wildman–Crippen MR) is 94.9 cm³/mol. The number of nitrogens with zero attached hydrogens (tertiary/aromatic N) is 2. The zero-order valence-corrected chi connectivity index (χ0v) is 14.0. The van der Waals surface area contributed by atoms with Crippen molar-refractivity contribution in [3.8, 4) is 0 Å². The number of carbonyl (C=O) groups excluding carboxylic acids is 1. The van der Waals surface area contributed by atoms with Crippen molar-refractivity contribution in [2.45, 2.75) is 19.6 Å². The molecule has 0 bridgehead atoms. The van der Waals surface area contributed by atoms with Gasteiger partial charge >= 0.3 is 0 Å². The topological polar surface area (TPSA) is 79.2 Å². The lowest BCUT2D eigenvalue weighted by atomic mass is 10.3. The molecule has 0 spiro atoms. The summed E-state index contributed by atoms with van der Waals surface area (Å²) in [6.07, 6.45) is -0.590. The van der Waals surface area contributed by atoms with E-state index in [4.69, 9.17) is 0 Å². The molecule has 0 aliphatic heterocycles. The maximum absolute atomic E-state index is 13.3. The van der Waals surface area contributed by atoms with Crippen LogP contribution >= 0.6 is 0 Å². The highest BCUT2D eigenvalue weighted by Crippen LogP contribution is 2.20. The summed E-state index contributed by atoms with van der Waals surface area (Å²) in [7, 11) is 0. The van der Waals surface area contributed by atoms with Gasteiger partial charge in [0, 0.05) is 18.3 Å². The summed E-state index contributed by atoms with van der Waals surface area (Å²) in [5.74, 6) is -1.58. The first-order valence-electron chi connectivity index (χ1n) is 8.05. The standard InChI is InChI=1S/C18H18F2N4O2/c1-11(25)9-21-18-23-15-4-2-3-5-16(15)24(18)10-17(26)22-14-7-12(19)6-13(20)8-14/h2-8,11,25H,9-10H2,1H3,(H,21,23)(H,22,26). The van der Waals surface area contributed by atoms with E-state index in [0.29, 0.717) is 11.5 Å². The Hall–Kier alpha value is -3.00. The van der Waals surface area contributed by atoms with Crippen LogP contribution in [0.5, 0.6) is 0 Å². The highest BCUT2D eigenvalue weighted by atomic mass is 19.1. The molecule has 0 fully saturated rings. The van der Waals surface area contributed by atoms with Gasteiger partial charge in [0.2, 0.25) is 11.9 Å². The molecule has 0 saturated heterocycles. The van der Waals surface area contributed by atoms with E-state index in [1.807, 2.05) is 18.2 Å². The Morgan fingerprint density at radius 3 is 2.62 bits per heavy atom. The third-order valence-corrected chi connectivity index (χ3v) is 3.66. The van der Waals surface area contributed by atoms with Gasteiger partial charge in [0.1, 0.15) is 18.2 Å². The molecule has 0 saturated carbocycles. The molecule has 0 aliphatic carbocycles. The highest BCUT2D eigenvalue weighted by molar-refractivity contribution is 5.92. The smallest absolute Gasteiger partial charge is 0.244 e. The van der Waals surface area contributed by atoms with E-state index in [1.54, 1.807) is 17.6 Å². The Labute approximate surface area is 148 Å². The van der Waals surface area contributed by atoms with Gasteiger partial charge < -0.3 is 20.3 Å². The third-order valence-electron chi connectivity index (χ3n) is 3.66. The first-order valence-corrected chi connectivity index (χ1v) is 8.05. The zero-order chi connectivity index (χ0) is 18.7. The monoisotopic (exact) mass is 360 g/mol. The summed E-state index contributed by atoms with van der Waals surface area (Å²) in [6, 6.07) is 10.1. The van der Waals surface area contributed by atoms with Crippen molar-refractivity contribution in [2.24, 2.45) is 0 Å². The van der Waals surface area contributed by atoms with E-state index in [9.17, 15) is 18.7 Å². The maximum Gasteiger partial charge on any atom is 0.244 e. The molecule has 1 unspecified atom stereocenters. The molecule has 2 aromatic carbocycles. The number of amides is 1. The lowest BCUT2D eigenvalue weighted by Crippen LogP contribution is -2.22. The summed E-state index contributed by atoms with van der Waals surface area (Å²) in [5.41, 5.74) is 1.45. The second-order valence-corrected chi connectivity index (χ2v) is 5.95. The van der Waals surface area contributed by atoms with Gasteiger partial charge in [0.15, 0.2) is 0 Å². The minimum atomic E-state index is -0.771. The lowest BCUT2D eigenvalue weighted by molar-refractivity contribution is -0.116. The van der Waals surface area contributed by atoms with Crippen LogP contribution in [-0.2, 0) is 11.3 Å². The molecular formula is C18H18F2N4O2. The third kappa shape index (κ3) is 4.15. The summed E-state index contributed by atoms with van der Waals surface area (Å²) in [4.78, 5) is 16.8. The zero-order valence-electron chi connectivity index (χ0n) is 14.0. The van der Waals surface area contributed by atoms with Crippen LogP contribution in [0.25, 0.3) is 11.0 Å². The Balaban J connectivity index is 1.84. The molecule has 0 radical (unpaired) electrons. The molecule has 1 atom stereocenters. The normalized spacial score (nSPS) is 12.2. The summed E-state index contributed by atoms with van der Waals surface area (Å²) in [6.45, 7) is 1.78.